The Labute approximate surface area is 171 Å². The Hall–Kier alpha value is -2.82. The highest BCUT2D eigenvalue weighted by Gasteiger charge is 2.27. The highest BCUT2D eigenvalue weighted by atomic mass is 16.2. The number of nitrogens with zero attached hydrogens (tertiary/aromatic N) is 4. The van der Waals surface area contributed by atoms with Crippen molar-refractivity contribution in [1.29, 1.82) is 0 Å². The smallest absolute Gasteiger partial charge is 0.223 e. The molecule has 3 heterocycles. The summed E-state index contributed by atoms with van der Waals surface area (Å²) in [6, 6.07) is 16.8. The van der Waals surface area contributed by atoms with E-state index in [9.17, 15) is 4.79 Å². The zero-order valence-electron chi connectivity index (χ0n) is 17.1. The first-order valence-electron chi connectivity index (χ1n) is 10.7. The zero-order valence-corrected chi connectivity index (χ0v) is 17.1. The molecule has 29 heavy (non-hydrogen) atoms. The number of imidazole rings is 1. The van der Waals surface area contributed by atoms with E-state index < -0.39 is 0 Å². The van der Waals surface area contributed by atoms with Crippen molar-refractivity contribution < 1.29 is 4.79 Å². The second-order valence-electron chi connectivity index (χ2n) is 8.43. The van der Waals surface area contributed by atoms with Crippen LogP contribution >= 0.6 is 0 Å². The number of carbonyl (C=O) groups is 1. The molecule has 0 atom stereocenters. The van der Waals surface area contributed by atoms with Gasteiger partial charge in [-0.05, 0) is 48.4 Å². The Bertz CT molecular complexity index is 1030. The molecule has 1 fully saturated rings. The number of aryl methyl sites for hydroxylation is 1. The maximum atomic E-state index is 12.9. The van der Waals surface area contributed by atoms with Crippen molar-refractivity contribution in [3.05, 3.63) is 59.7 Å². The van der Waals surface area contributed by atoms with Gasteiger partial charge in [0, 0.05) is 39.6 Å². The van der Waals surface area contributed by atoms with Crippen LogP contribution in [-0.2, 0) is 24.8 Å². The third-order valence-corrected chi connectivity index (χ3v) is 6.61. The van der Waals surface area contributed by atoms with E-state index in [0.29, 0.717) is 18.2 Å². The van der Waals surface area contributed by atoms with Crippen LogP contribution in [0.15, 0.2) is 48.5 Å². The lowest BCUT2D eigenvalue weighted by Crippen LogP contribution is -2.40. The summed E-state index contributed by atoms with van der Waals surface area (Å²) in [4.78, 5) is 22.2. The molecule has 5 nitrogen and oxygen atoms in total. The summed E-state index contributed by atoms with van der Waals surface area (Å²) in [5, 5.41) is 0. The summed E-state index contributed by atoms with van der Waals surface area (Å²) >= 11 is 0. The fraction of sp³-hybridized carbons (Fsp3) is 0.417. The van der Waals surface area contributed by atoms with Crippen molar-refractivity contribution in [1.82, 2.24) is 14.5 Å². The molecule has 0 radical (unpaired) electrons. The van der Waals surface area contributed by atoms with E-state index in [2.05, 4.69) is 63.9 Å². The second kappa shape index (κ2) is 7.54. The fourth-order valence-corrected chi connectivity index (χ4v) is 4.84. The lowest BCUT2D eigenvalue weighted by molar-refractivity contribution is -0.133. The van der Waals surface area contributed by atoms with E-state index in [1.165, 1.54) is 16.6 Å². The molecule has 1 saturated heterocycles. The van der Waals surface area contributed by atoms with Crippen LogP contribution in [0.5, 0.6) is 0 Å². The summed E-state index contributed by atoms with van der Waals surface area (Å²) < 4.78 is 2.19. The number of para-hydroxylation sites is 2. The molecule has 0 spiro atoms. The van der Waals surface area contributed by atoms with Gasteiger partial charge < -0.3 is 14.4 Å². The monoisotopic (exact) mass is 388 g/mol. The van der Waals surface area contributed by atoms with Crippen LogP contribution in [0.4, 0.5) is 5.95 Å². The van der Waals surface area contributed by atoms with Gasteiger partial charge in [-0.25, -0.2) is 4.98 Å². The van der Waals surface area contributed by atoms with Crippen LogP contribution in [-0.4, -0.2) is 40.0 Å². The number of rotatable bonds is 3. The maximum absolute atomic E-state index is 12.9. The third-order valence-electron chi connectivity index (χ3n) is 6.61. The van der Waals surface area contributed by atoms with Crippen molar-refractivity contribution in [3.63, 3.8) is 0 Å². The first-order valence-corrected chi connectivity index (χ1v) is 10.7. The lowest BCUT2D eigenvalue weighted by atomic mass is 9.92. The molecule has 5 heteroatoms. The van der Waals surface area contributed by atoms with Gasteiger partial charge in [0.15, 0.2) is 0 Å². The van der Waals surface area contributed by atoms with Crippen molar-refractivity contribution in [3.8, 4) is 0 Å². The number of aromatic nitrogens is 2. The molecule has 2 aliphatic rings. The molecule has 1 aromatic heterocycles. The average Bonchev–Trinajstić information content (AvgIpc) is 3.10. The largest absolute Gasteiger partial charge is 0.342 e. The molecular formula is C24H28N4O. The van der Waals surface area contributed by atoms with Gasteiger partial charge in [-0.3, -0.25) is 4.79 Å². The van der Waals surface area contributed by atoms with Crippen molar-refractivity contribution >= 4 is 22.9 Å². The minimum absolute atomic E-state index is 0.320. The number of hydrogen-bond acceptors (Lipinski definition) is 3. The van der Waals surface area contributed by atoms with Crippen LogP contribution < -0.4 is 4.90 Å². The van der Waals surface area contributed by atoms with Gasteiger partial charge in [0.1, 0.15) is 0 Å². The Morgan fingerprint density at radius 2 is 1.72 bits per heavy atom. The number of piperidine rings is 1. The summed E-state index contributed by atoms with van der Waals surface area (Å²) in [5.74, 6) is 1.84. The first kappa shape index (κ1) is 18.2. The average molecular weight is 389 g/mol. The van der Waals surface area contributed by atoms with Gasteiger partial charge in [-0.15, -0.1) is 0 Å². The fourth-order valence-electron chi connectivity index (χ4n) is 4.84. The normalized spacial score (nSPS) is 17.6. The molecule has 0 bridgehead atoms. The van der Waals surface area contributed by atoms with Gasteiger partial charge in [0.05, 0.1) is 11.0 Å². The Morgan fingerprint density at radius 1 is 1.00 bits per heavy atom. The SMILES string of the molecule is Cn1c(N2CCC(CC(=O)N3CCc4ccccc4C3)CC2)nc2ccccc21. The maximum Gasteiger partial charge on any atom is 0.223 e. The lowest BCUT2D eigenvalue weighted by Gasteiger charge is -2.34. The molecule has 1 amide bonds. The second-order valence-corrected chi connectivity index (χ2v) is 8.43. The van der Waals surface area contributed by atoms with Gasteiger partial charge >= 0.3 is 0 Å². The Balaban J connectivity index is 1.19. The molecule has 5 rings (SSSR count). The predicted molar refractivity (Wildman–Crippen MR) is 116 cm³/mol. The molecule has 0 saturated carbocycles. The number of amides is 1. The van der Waals surface area contributed by atoms with E-state index in [4.69, 9.17) is 4.98 Å². The van der Waals surface area contributed by atoms with Crippen LogP contribution in [0.25, 0.3) is 11.0 Å². The van der Waals surface area contributed by atoms with Crippen molar-refractivity contribution in [2.75, 3.05) is 24.5 Å². The third kappa shape index (κ3) is 3.50. The highest BCUT2D eigenvalue weighted by Crippen LogP contribution is 2.28. The van der Waals surface area contributed by atoms with Gasteiger partial charge in [0.2, 0.25) is 11.9 Å². The highest BCUT2D eigenvalue weighted by molar-refractivity contribution is 5.79. The van der Waals surface area contributed by atoms with Crippen LogP contribution in [0, 0.1) is 5.92 Å². The molecule has 150 valence electrons. The van der Waals surface area contributed by atoms with Crippen LogP contribution in [0.3, 0.4) is 0 Å². The van der Waals surface area contributed by atoms with E-state index in [1.807, 2.05) is 6.07 Å². The molecule has 0 unspecified atom stereocenters. The Morgan fingerprint density at radius 3 is 2.52 bits per heavy atom. The van der Waals surface area contributed by atoms with Gasteiger partial charge in [-0.2, -0.15) is 0 Å². The van der Waals surface area contributed by atoms with Crippen LogP contribution in [0.2, 0.25) is 0 Å². The molecule has 2 aromatic carbocycles. The standard InChI is InChI=1S/C24H28N4O/c1-26-22-9-5-4-8-21(22)25-24(26)27-13-10-18(11-14-27)16-23(29)28-15-12-19-6-2-3-7-20(19)17-28/h2-9,18H,10-17H2,1H3. The van der Waals surface area contributed by atoms with Crippen molar-refractivity contribution in [2.24, 2.45) is 13.0 Å². The van der Waals surface area contributed by atoms with Crippen molar-refractivity contribution in [2.45, 2.75) is 32.2 Å². The number of hydrogen-bond donors (Lipinski definition) is 0. The minimum Gasteiger partial charge on any atom is -0.342 e. The number of carbonyl (C=O) groups excluding carboxylic acids is 1. The topological polar surface area (TPSA) is 41.4 Å². The quantitative estimate of drug-likeness (QED) is 0.686. The van der Waals surface area contributed by atoms with E-state index in [0.717, 1.165) is 56.9 Å². The van der Waals surface area contributed by atoms with Gasteiger partial charge in [0.25, 0.3) is 0 Å². The number of anilines is 1. The summed E-state index contributed by atoms with van der Waals surface area (Å²) in [6.45, 7) is 3.57. The predicted octanol–water partition coefficient (Wildman–Crippen LogP) is 3.76. The summed E-state index contributed by atoms with van der Waals surface area (Å²) in [5.41, 5.74) is 4.92. The van der Waals surface area contributed by atoms with Crippen LogP contribution in [0.1, 0.15) is 30.4 Å². The molecular weight excluding hydrogens is 360 g/mol. The van der Waals surface area contributed by atoms with E-state index in [-0.39, 0.29) is 0 Å². The summed E-state index contributed by atoms with van der Waals surface area (Å²) in [7, 11) is 2.09. The van der Waals surface area contributed by atoms with Gasteiger partial charge in [-0.1, -0.05) is 36.4 Å². The number of benzene rings is 2. The molecule has 0 aliphatic carbocycles. The zero-order chi connectivity index (χ0) is 19.8. The Kier molecular flexibility index (Phi) is 4.74. The summed E-state index contributed by atoms with van der Waals surface area (Å²) in [6.07, 6.45) is 3.77. The van der Waals surface area contributed by atoms with E-state index >= 15 is 0 Å². The number of fused-ring (bicyclic) bond motifs is 2. The molecule has 0 N–H and O–H groups in total. The molecule has 3 aromatic rings. The van der Waals surface area contributed by atoms with E-state index in [1.54, 1.807) is 0 Å². The molecule has 2 aliphatic heterocycles. The first-order chi connectivity index (χ1) is 14.2. The minimum atomic E-state index is 0.320.